The van der Waals surface area contributed by atoms with Gasteiger partial charge in [0, 0.05) is 24.0 Å². The van der Waals surface area contributed by atoms with Gasteiger partial charge >= 0.3 is 0 Å². The fraction of sp³-hybridized carbons (Fsp3) is 0.565. The second kappa shape index (κ2) is 8.08. The first kappa shape index (κ1) is 20.6. The lowest BCUT2D eigenvalue weighted by atomic mass is 10.1. The van der Waals surface area contributed by atoms with Gasteiger partial charge in [-0.1, -0.05) is 26.0 Å². The zero-order chi connectivity index (χ0) is 20.5. The number of aromatic nitrogens is 2. The zero-order valence-electron chi connectivity index (χ0n) is 18.1. The molecule has 3 rings (SSSR count). The van der Waals surface area contributed by atoms with Gasteiger partial charge in [0.05, 0.1) is 5.54 Å². The molecule has 1 amide bonds. The molecule has 0 saturated heterocycles. The van der Waals surface area contributed by atoms with Crippen molar-refractivity contribution in [1.29, 1.82) is 0 Å². The van der Waals surface area contributed by atoms with Crippen LogP contribution in [0, 0.1) is 0 Å². The molecular formula is C23H34N4O. The first-order chi connectivity index (χ1) is 13.1. The van der Waals surface area contributed by atoms with Gasteiger partial charge in [-0.3, -0.25) is 9.48 Å². The van der Waals surface area contributed by atoms with Crippen molar-refractivity contribution in [3.05, 3.63) is 47.3 Å². The summed E-state index contributed by atoms with van der Waals surface area (Å²) in [5.74, 6) is 0.150. The van der Waals surface area contributed by atoms with Gasteiger partial charge in [-0.15, -0.1) is 0 Å². The summed E-state index contributed by atoms with van der Waals surface area (Å²) >= 11 is 0. The molecule has 28 heavy (non-hydrogen) atoms. The number of hydrogen-bond donors (Lipinski definition) is 1. The summed E-state index contributed by atoms with van der Waals surface area (Å²) in [4.78, 5) is 15.2. The maximum atomic E-state index is 12.8. The van der Waals surface area contributed by atoms with Gasteiger partial charge in [-0.2, -0.15) is 5.10 Å². The number of likely N-dealkylation sites (N-methyl/N-ethyl adjacent to an activating group) is 1. The Morgan fingerprint density at radius 3 is 2.57 bits per heavy atom. The lowest BCUT2D eigenvalue weighted by molar-refractivity contribution is 0.102. The molecule has 0 aliphatic heterocycles. The number of benzene rings is 1. The van der Waals surface area contributed by atoms with Crippen LogP contribution in [0.15, 0.2) is 30.3 Å². The third kappa shape index (κ3) is 5.02. The first-order valence-electron chi connectivity index (χ1n) is 10.4. The fourth-order valence-electron chi connectivity index (χ4n) is 3.46. The molecule has 1 aliphatic rings. The minimum atomic E-state index is -0.161. The van der Waals surface area contributed by atoms with Crippen LogP contribution in [-0.2, 0) is 12.0 Å². The molecule has 0 bridgehead atoms. The lowest BCUT2D eigenvalue weighted by Gasteiger charge is -2.23. The normalized spacial score (nSPS) is 14.7. The molecule has 0 atom stereocenters. The highest BCUT2D eigenvalue weighted by molar-refractivity contribution is 6.03. The number of carbonyl (C=O) groups is 1. The van der Waals surface area contributed by atoms with Crippen LogP contribution in [0.2, 0.25) is 0 Å². The summed E-state index contributed by atoms with van der Waals surface area (Å²) in [6.45, 7) is 11.6. The highest BCUT2D eigenvalue weighted by Crippen LogP contribution is 2.26. The molecule has 1 aromatic heterocycles. The Kier molecular flexibility index (Phi) is 5.94. The van der Waals surface area contributed by atoms with Crippen LogP contribution >= 0.6 is 0 Å². The molecule has 0 unspecified atom stereocenters. The summed E-state index contributed by atoms with van der Waals surface area (Å²) in [5, 5.41) is 7.63. The number of nitrogens with zero attached hydrogens (tertiary/aromatic N) is 3. The quantitative estimate of drug-likeness (QED) is 0.758. The number of nitrogens with one attached hydrogen (secondary N) is 1. The van der Waals surface area contributed by atoms with E-state index in [2.05, 4.69) is 69.1 Å². The van der Waals surface area contributed by atoms with Crippen molar-refractivity contribution in [3.63, 3.8) is 0 Å². The van der Waals surface area contributed by atoms with Crippen LogP contribution in [0.5, 0.6) is 0 Å². The van der Waals surface area contributed by atoms with Crippen LogP contribution < -0.4 is 5.32 Å². The van der Waals surface area contributed by atoms with Gasteiger partial charge < -0.3 is 10.2 Å². The molecule has 1 saturated carbocycles. The molecule has 152 valence electrons. The van der Waals surface area contributed by atoms with Crippen molar-refractivity contribution in [3.8, 4) is 0 Å². The van der Waals surface area contributed by atoms with Gasteiger partial charge in [0.1, 0.15) is 0 Å². The van der Waals surface area contributed by atoms with Crippen LogP contribution in [0.3, 0.4) is 0 Å². The van der Waals surface area contributed by atoms with Crippen molar-refractivity contribution < 1.29 is 4.79 Å². The molecule has 2 aromatic rings. The predicted octanol–water partition coefficient (Wildman–Crippen LogP) is 4.65. The molecule has 1 N–H and O–H groups in total. The van der Waals surface area contributed by atoms with Crippen molar-refractivity contribution in [2.45, 2.75) is 71.4 Å². The van der Waals surface area contributed by atoms with Gasteiger partial charge in [0.15, 0.2) is 5.69 Å². The Morgan fingerprint density at radius 1 is 1.29 bits per heavy atom. The zero-order valence-corrected chi connectivity index (χ0v) is 18.1. The van der Waals surface area contributed by atoms with Crippen LogP contribution in [0.25, 0.3) is 0 Å². The van der Waals surface area contributed by atoms with E-state index in [9.17, 15) is 4.79 Å². The Balaban J connectivity index is 1.70. The summed E-state index contributed by atoms with van der Waals surface area (Å²) < 4.78 is 1.97. The SMILES string of the molecule is CC(C)c1cc(C(=O)Nc2cccc(CCN(C)C3CC3)c2)nn1C(C)(C)C. The molecule has 1 aliphatic carbocycles. The largest absolute Gasteiger partial charge is 0.321 e. The third-order valence-electron chi connectivity index (χ3n) is 5.30. The second-order valence-electron chi connectivity index (χ2n) is 9.31. The number of anilines is 1. The smallest absolute Gasteiger partial charge is 0.276 e. The van der Waals surface area contributed by atoms with Crippen molar-refractivity contribution in [2.75, 3.05) is 18.9 Å². The molecule has 5 nitrogen and oxygen atoms in total. The molecule has 0 radical (unpaired) electrons. The Bertz CT molecular complexity index is 827. The highest BCUT2D eigenvalue weighted by Gasteiger charge is 2.26. The summed E-state index contributed by atoms with van der Waals surface area (Å²) in [6, 6.07) is 10.8. The predicted molar refractivity (Wildman–Crippen MR) is 115 cm³/mol. The second-order valence-corrected chi connectivity index (χ2v) is 9.31. The van der Waals surface area contributed by atoms with E-state index >= 15 is 0 Å². The van der Waals surface area contributed by atoms with E-state index in [1.807, 2.05) is 22.9 Å². The number of hydrogen-bond acceptors (Lipinski definition) is 3. The minimum absolute atomic E-state index is 0.155. The Labute approximate surface area is 169 Å². The van der Waals surface area contributed by atoms with E-state index in [1.165, 1.54) is 18.4 Å². The standard InChI is InChI=1S/C23H34N4O/c1-16(2)21-15-20(25-27(21)23(3,4)5)22(28)24-18-9-7-8-17(14-18)12-13-26(6)19-10-11-19/h7-9,14-16,19H,10-13H2,1-6H3,(H,24,28). The van der Waals surface area contributed by atoms with E-state index in [0.29, 0.717) is 11.6 Å². The molecule has 0 spiro atoms. The maximum Gasteiger partial charge on any atom is 0.276 e. The number of rotatable bonds is 7. The van der Waals surface area contributed by atoms with Crippen LogP contribution in [-0.4, -0.2) is 40.2 Å². The summed E-state index contributed by atoms with van der Waals surface area (Å²) in [5.41, 5.74) is 3.46. The summed E-state index contributed by atoms with van der Waals surface area (Å²) in [6.07, 6.45) is 3.64. The molecule has 1 heterocycles. The highest BCUT2D eigenvalue weighted by atomic mass is 16.2. The topological polar surface area (TPSA) is 50.2 Å². The van der Waals surface area contributed by atoms with Crippen molar-refractivity contribution >= 4 is 11.6 Å². The van der Waals surface area contributed by atoms with Gasteiger partial charge in [-0.25, -0.2) is 0 Å². The Morgan fingerprint density at radius 2 is 2.00 bits per heavy atom. The Hall–Kier alpha value is -2.14. The van der Waals surface area contributed by atoms with E-state index < -0.39 is 0 Å². The van der Waals surface area contributed by atoms with Gasteiger partial charge in [0.2, 0.25) is 0 Å². The van der Waals surface area contributed by atoms with Crippen molar-refractivity contribution in [2.24, 2.45) is 0 Å². The van der Waals surface area contributed by atoms with E-state index in [-0.39, 0.29) is 11.4 Å². The average molecular weight is 383 g/mol. The van der Waals surface area contributed by atoms with Gasteiger partial charge in [-0.05, 0) is 76.8 Å². The van der Waals surface area contributed by atoms with E-state index in [0.717, 1.165) is 30.4 Å². The lowest BCUT2D eigenvalue weighted by Crippen LogP contribution is -2.26. The number of amides is 1. The number of carbonyl (C=O) groups excluding carboxylic acids is 1. The van der Waals surface area contributed by atoms with Crippen molar-refractivity contribution in [1.82, 2.24) is 14.7 Å². The fourth-order valence-corrected chi connectivity index (χ4v) is 3.46. The molecule has 1 fully saturated rings. The third-order valence-corrected chi connectivity index (χ3v) is 5.30. The molecule has 1 aromatic carbocycles. The minimum Gasteiger partial charge on any atom is -0.321 e. The van der Waals surface area contributed by atoms with Crippen LogP contribution in [0.1, 0.15) is 75.1 Å². The van der Waals surface area contributed by atoms with E-state index in [4.69, 9.17) is 0 Å². The molecular weight excluding hydrogens is 348 g/mol. The monoisotopic (exact) mass is 382 g/mol. The van der Waals surface area contributed by atoms with E-state index in [1.54, 1.807) is 0 Å². The average Bonchev–Trinajstić information content (AvgIpc) is 3.36. The van der Waals surface area contributed by atoms with Crippen LogP contribution in [0.4, 0.5) is 5.69 Å². The maximum absolute atomic E-state index is 12.8. The van der Waals surface area contributed by atoms with Gasteiger partial charge in [0.25, 0.3) is 5.91 Å². The first-order valence-corrected chi connectivity index (χ1v) is 10.4. The summed E-state index contributed by atoms with van der Waals surface area (Å²) in [7, 11) is 2.20. The molecule has 5 heteroatoms.